The Bertz CT molecular complexity index is 530. The van der Waals surface area contributed by atoms with Crippen LogP contribution in [0.1, 0.15) is 45.2 Å². The summed E-state index contributed by atoms with van der Waals surface area (Å²) in [5.74, 6) is 0. The Morgan fingerprint density at radius 2 is 1.95 bits per heavy atom. The lowest BCUT2D eigenvalue weighted by Crippen LogP contribution is -2.43. The third-order valence-corrected chi connectivity index (χ3v) is 5.02. The van der Waals surface area contributed by atoms with Gasteiger partial charge < -0.3 is 10.5 Å². The van der Waals surface area contributed by atoms with E-state index in [0.29, 0.717) is 6.61 Å². The minimum atomic E-state index is -0.257. The number of hydrogen-bond donors (Lipinski definition) is 1. The molecule has 3 heteroatoms. The highest BCUT2D eigenvalue weighted by Crippen LogP contribution is 2.38. The van der Waals surface area contributed by atoms with Crippen molar-refractivity contribution >= 4 is 21.4 Å². The first-order valence-corrected chi connectivity index (χ1v) is 7.92. The fraction of sp³-hybridized carbons (Fsp3) is 0.500. The predicted octanol–water partition coefficient (Wildman–Crippen LogP) is 4.50. The van der Waals surface area contributed by atoms with Crippen molar-refractivity contribution in [1.82, 2.24) is 0 Å². The fourth-order valence-corrected chi connectivity index (χ4v) is 3.77. The Morgan fingerprint density at radius 3 is 2.58 bits per heavy atom. The second kappa shape index (κ2) is 6.04. The van der Waals surface area contributed by atoms with Crippen LogP contribution < -0.4 is 5.73 Å². The number of hydrogen-bond acceptors (Lipinski definition) is 3. The van der Waals surface area contributed by atoms with Gasteiger partial charge in [-0.15, -0.1) is 11.3 Å². The maximum absolute atomic E-state index is 6.59. The molecule has 19 heavy (non-hydrogen) atoms. The lowest BCUT2D eigenvalue weighted by Gasteiger charge is -2.37. The third kappa shape index (κ3) is 2.55. The zero-order chi connectivity index (χ0) is 13.9. The molecule has 0 amide bonds. The SMILES string of the molecule is CCOC(CC)(CC)C(N)c1cccc2ccsc12. The minimum absolute atomic E-state index is 0.0789. The summed E-state index contributed by atoms with van der Waals surface area (Å²) in [4.78, 5) is 0. The zero-order valence-corrected chi connectivity index (χ0v) is 12.8. The van der Waals surface area contributed by atoms with E-state index in [-0.39, 0.29) is 11.6 Å². The normalized spacial score (nSPS) is 13.9. The molecule has 104 valence electrons. The van der Waals surface area contributed by atoms with Gasteiger partial charge in [0, 0.05) is 11.3 Å². The molecule has 1 aromatic carbocycles. The van der Waals surface area contributed by atoms with Crippen LogP contribution in [0.2, 0.25) is 0 Å². The summed E-state index contributed by atoms with van der Waals surface area (Å²) in [5, 5.41) is 3.40. The standard InChI is InChI=1S/C16H23NOS/c1-4-16(5-2,18-6-3)15(17)13-9-7-8-12-10-11-19-14(12)13/h7-11,15H,4-6,17H2,1-3H3. The van der Waals surface area contributed by atoms with E-state index in [1.54, 1.807) is 11.3 Å². The quantitative estimate of drug-likeness (QED) is 0.844. The number of rotatable bonds is 6. The summed E-state index contributed by atoms with van der Waals surface area (Å²) in [6, 6.07) is 8.44. The van der Waals surface area contributed by atoms with Gasteiger partial charge in [0.1, 0.15) is 0 Å². The van der Waals surface area contributed by atoms with Gasteiger partial charge in [-0.05, 0) is 42.2 Å². The summed E-state index contributed by atoms with van der Waals surface area (Å²) in [7, 11) is 0. The summed E-state index contributed by atoms with van der Waals surface area (Å²) >= 11 is 1.76. The van der Waals surface area contributed by atoms with Crippen molar-refractivity contribution in [3.8, 4) is 0 Å². The van der Waals surface area contributed by atoms with Crippen molar-refractivity contribution in [2.75, 3.05) is 6.61 Å². The van der Waals surface area contributed by atoms with Crippen LogP contribution in [-0.2, 0) is 4.74 Å². The zero-order valence-electron chi connectivity index (χ0n) is 12.0. The van der Waals surface area contributed by atoms with Crippen molar-refractivity contribution in [3.63, 3.8) is 0 Å². The van der Waals surface area contributed by atoms with Crippen molar-refractivity contribution < 1.29 is 4.74 Å². The molecule has 0 radical (unpaired) electrons. The minimum Gasteiger partial charge on any atom is -0.373 e. The van der Waals surface area contributed by atoms with E-state index in [2.05, 4.69) is 43.5 Å². The number of benzene rings is 1. The molecule has 2 rings (SSSR count). The molecule has 1 aromatic heterocycles. The largest absolute Gasteiger partial charge is 0.373 e. The van der Waals surface area contributed by atoms with Crippen molar-refractivity contribution in [1.29, 1.82) is 0 Å². The lowest BCUT2D eigenvalue weighted by atomic mass is 9.84. The molecule has 1 atom stereocenters. The van der Waals surface area contributed by atoms with Crippen LogP contribution in [0.3, 0.4) is 0 Å². The average molecular weight is 277 g/mol. The molecule has 2 N–H and O–H groups in total. The second-order valence-corrected chi connectivity index (χ2v) is 5.78. The summed E-state index contributed by atoms with van der Waals surface area (Å²) in [5.41, 5.74) is 7.54. The summed E-state index contributed by atoms with van der Waals surface area (Å²) in [6.45, 7) is 7.06. The van der Waals surface area contributed by atoms with Gasteiger partial charge in [-0.2, -0.15) is 0 Å². The molecule has 0 bridgehead atoms. The number of thiophene rings is 1. The Hall–Kier alpha value is -0.900. The van der Waals surface area contributed by atoms with E-state index < -0.39 is 0 Å². The highest BCUT2D eigenvalue weighted by molar-refractivity contribution is 7.17. The first-order valence-electron chi connectivity index (χ1n) is 7.04. The molecule has 1 unspecified atom stereocenters. The van der Waals surface area contributed by atoms with Crippen molar-refractivity contribution in [3.05, 3.63) is 35.2 Å². The second-order valence-electron chi connectivity index (χ2n) is 4.87. The van der Waals surface area contributed by atoms with E-state index in [1.807, 2.05) is 6.92 Å². The van der Waals surface area contributed by atoms with E-state index in [9.17, 15) is 0 Å². The fourth-order valence-electron chi connectivity index (χ4n) is 2.82. The van der Waals surface area contributed by atoms with Crippen molar-refractivity contribution in [2.45, 2.75) is 45.3 Å². The van der Waals surface area contributed by atoms with Gasteiger partial charge in [-0.3, -0.25) is 0 Å². The highest BCUT2D eigenvalue weighted by Gasteiger charge is 2.35. The van der Waals surface area contributed by atoms with Crippen LogP contribution in [0.4, 0.5) is 0 Å². The molecule has 0 aliphatic heterocycles. The Morgan fingerprint density at radius 1 is 1.21 bits per heavy atom. The molecule has 0 aliphatic carbocycles. The molecule has 1 heterocycles. The van der Waals surface area contributed by atoms with Crippen LogP contribution in [0.25, 0.3) is 10.1 Å². The van der Waals surface area contributed by atoms with Gasteiger partial charge in [-0.25, -0.2) is 0 Å². The van der Waals surface area contributed by atoms with Gasteiger partial charge in [0.2, 0.25) is 0 Å². The molecule has 0 saturated heterocycles. The van der Waals surface area contributed by atoms with Crippen LogP contribution in [0.15, 0.2) is 29.6 Å². The number of nitrogens with two attached hydrogens (primary N) is 1. The van der Waals surface area contributed by atoms with Gasteiger partial charge in [0.25, 0.3) is 0 Å². The molecule has 0 saturated carbocycles. The molecule has 0 aliphatic rings. The Kier molecular flexibility index (Phi) is 4.61. The highest BCUT2D eigenvalue weighted by atomic mass is 32.1. The molecule has 2 aromatic rings. The first-order chi connectivity index (χ1) is 9.18. The number of fused-ring (bicyclic) bond motifs is 1. The van der Waals surface area contributed by atoms with E-state index in [0.717, 1.165) is 12.8 Å². The maximum Gasteiger partial charge on any atom is 0.0869 e. The Labute approximate surface area is 119 Å². The molecular formula is C16H23NOS. The van der Waals surface area contributed by atoms with E-state index in [1.165, 1.54) is 15.6 Å². The molecule has 0 spiro atoms. The predicted molar refractivity (Wildman–Crippen MR) is 83.7 cm³/mol. The summed E-state index contributed by atoms with van der Waals surface area (Å²) in [6.07, 6.45) is 1.86. The summed E-state index contributed by atoms with van der Waals surface area (Å²) < 4.78 is 7.34. The van der Waals surface area contributed by atoms with Gasteiger partial charge in [0.15, 0.2) is 0 Å². The molecule has 0 fully saturated rings. The van der Waals surface area contributed by atoms with Gasteiger partial charge in [0.05, 0.1) is 11.6 Å². The van der Waals surface area contributed by atoms with E-state index in [4.69, 9.17) is 10.5 Å². The topological polar surface area (TPSA) is 35.2 Å². The van der Waals surface area contributed by atoms with E-state index >= 15 is 0 Å². The first kappa shape index (κ1) is 14.5. The van der Waals surface area contributed by atoms with Crippen LogP contribution in [0.5, 0.6) is 0 Å². The van der Waals surface area contributed by atoms with Gasteiger partial charge in [-0.1, -0.05) is 32.0 Å². The van der Waals surface area contributed by atoms with Crippen LogP contribution in [-0.4, -0.2) is 12.2 Å². The average Bonchev–Trinajstić information content (AvgIpc) is 2.92. The third-order valence-electron chi connectivity index (χ3n) is 4.04. The lowest BCUT2D eigenvalue weighted by molar-refractivity contribution is -0.0642. The van der Waals surface area contributed by atoms with Crippen LogP contribution in [0, 0.1) is 0 Å². The molecule has 2 nitrogen and oxygen atoms in total. The van der Waals surface area contributed by atoms with Crippen molar-refractivity contribution in [2.24, 2.45) is 5.73 Å². The maximum atomic E-state index is 6.59. The number of ether oxygens (including phenoxy) is 1. The van der Waals surface area contributed by atoms with Crippen LogP contribution >= 0.6 is 11.3 Å². The smallest absolute Gasteiger partial charge is 0.0869 e. The Balaban J connectivity index is 2.46. The monoisotopic (exact) mass is 277 g/mol. The van der Waals surface area contributed by atoms with Gasteiger partial charge >= 0.3 is 0 Å². The molecular weight excluding hydrogens is 254 g/mol.